The third-order valence-corrected chi connectivity index (χ3v) is 3.60. The van der Waals surface area contributed by atoms with Gasteiger partial charge in [-0.3, -0.25) is 5.43 Å². The van der Waals surface area contributed by atoms with Crippen molar-refractivity contribution in [3.05, 3.63) is 64.7 Å². The van der Waals surface area contributed by atoms with Crippen molar-refractivity contribution < 1.29 is 13.5 Å². The van der Waals surface area contributed by atoms with Gasteiger partial charge >= 0.3 is 0 Å². The molecule has 0 bridgehead atoms. The van der Waals surface area contributed by atoms with Gasteiger partial charge in [-0.1, -0.05) is 23.7 Å². The molecule has 110 valence electrons. The van der Waals surface area contributed by atoms with Crippen LogP contribution in [0.2, 0.25) is 5.02 Å². The molecule has 0 saturated carbocycles. The van der Waals surface area contributed by atoms with Crippen LogP contribution in [0.4, 0.5) is 8.78 Å². The standard InChI is InChI=1S/C15H13ClF2N2O/c16-9-4-6-10(7-5-9)21-13-8-19-20-15(13)11-2-1-3-12(17)14(11)18/h1-7,13,15,19-20H,8H2. The van der Waals surface area contributed by atoms with Crippen LogP contribution >= 0.6 is 11.6 Å². The summed E-state index contributed by atoms with van der Waals surface area (Å²) in [5, 5.41) is 0.609. The Bertz CT molecular complexity index is 636. The third kappa shape index (κ3) is 3.00. The maximum atomic E-state index is 13.9. The first-order valence-electron chi connectivity index (χ1n) is 6.49. The molecular formula is C15H13ClF2N2O. The fourth-order valence-corrected chi connectivity index (χ4v) is 2.44. The molecule has 6 heteroatoms. The van der Waals surface area contributed by atoms with Gasteiger partial charge in [-0.25, -0.2) is 14.2 Å². The van der Waals surface area contributed by atoms with Crippen molar-refractivity contribution in [2.24, 2.45) is 0 Å². The van der Waals surface area contributed by atoms with Gasteiger partial charge in [0.1, 0.15) is 11.9 Å². The zero-order valence-corrected chi connectivity index (χ0v) is 11.7. The summed E-state index contributed by atoms with van der Waals surface area (Å²) in [7, 11) is 0. The number of ether oxygens (including phenoxy) is 1. The summed E-state index contributed by atoms with van der Waals surface area (Å²) in [6, 6.07) is 10.5. The third-order valence-electron chi connectivity index (χ3n) is 3.35. The van der Waals surface area contributed by atoms with E-state index in [1.807, 2.05) is 0 Å². The van der Waals surface area contributed by atoms with E-state index in [2.05, 4.69) is 10.9 Å². The second-order valence-corrected chi connectivity index (χ2v) is 5.19. The van der Waals surface area contributed by atoms with E-state index >= 15 is 0 Å². The van der Waals surface area contributed by atoms with Gasteiger partial charge < -0.3 is 4.74 Å². The molecule has 2 aromatic carbocycles. The second kappa shape index (κ2) is 5.97. The normalized spacial score (nSPS) is 21.5. The molecule has 2 unspecified atom stereocenters. The second-order valence-electron chi connectivity index (χ2n) is 4.76. The predicted octanol–water partition coefficient (Wildman–Crippen LogP) is 3.21. The molecule has 1 fully saturated rings. The molecule has 2 atom stereocenters. The Labute approximate surface area is 125 Å². The van der Waals surface area contributed by atoms with E-state index < -0.39 is 17.7 Å². The van der Waals surface area contributed by atoms with E-state index in [1.165, 1.54) is 6.07 Å². The molecule has 3 nitrogen and oxygen atoms in total. The molecule has 0 aromatic heterocycles. The summed E-state index contributed by atoms with van der Waals surface area (Å²) >= 11 is 5.82. The first-order valence-corrected chi connectivity index (χ1v) is 6.87. The smallest absolute Gasteiger partial charge is 0.163 e. The fourth-order valence-electron chi connectivity index (χ4n) is 2.32. The van der Waals surface area contributed by atoms with Crippen LogP contribution in [0.25, 0.3) is 0 Å². The maximum absolute atomic E-state index is 13.9. The van der Waals surface area contributed by atoms with Crippen LogP contribution in [-0.2, 0) is 0 Å². The van der Waals surface area contributed by atoms with E-state index in [1.54, 1.807) is 30.3 Å². The minimum atomic E-state index is -0.869. The summed E-state index contributed by atoms with van der Waals surface area (Å²) in [5.41, 5.74) is 6.06. The topological polar surface area (TPSA) is 33.3 Å². The molecule has 21 heavy (non-hydrogen) atoms. The first-order chi connectivity index (χ1) is 10.1. The zero-order chi connectivity index (χ0) is 14.8. The van der Waals surface area contributed by atoms with Crippen LogP contribution in [0.5, 0.6) is 5.75 Å². The van der Waals surface area contributed by atoms with E-state index in [-0.39, 0.29) is 11.7 Å². The Hall–Kier alpha value is -1.69. The molecule has 2 aromatic rings. The molecular weight excluding hydrogens is 298 g/mol. The van der Waals surface area contributed by atoms with Crippen molar-refractivity contribution in [2.75, 3.05) is 6.54 Å². The average molecular weight is 311 g/mol. The molecule has 2 N–H and O–H groups in total. The van der Waals surface area contributed by atoms with Crippen molar-refractivity contribution in [3.8, 4) is 5.75 Å². The molecule has 1 aliphatic rings. The summed E-state index contributed by atoms with van der Waals surface area (Å²) in [6.45, 7) is 0.475. The van der Waals surface area contributed by atoms with Gasteiger partial charge in [0.2, 0.25) is 0 Å². The minimum absolute atomic E-state index is 0.235. The highest BCUT2D eigenvalue weighted by Gasteiger charge is 2.32. The van der Waals surface area contributed by atoms with Crippen LogP contribution in [0, 0.1) is 11.6 Å². The van der Waals surface area contributed by atoms with Gasteiger partial charge in [0, 0.05) is 17.1 Å². The lowest BCUT2D eigenvalue weighted by Gasteiger charge is -2.21. The van der Waals surface area contributed by atoms with E-state index in [0.29, 0.717) is 17.3 Å². The van der Waals surface area contributed by atoms with Gasteiger partial charge in [0.05, 0.1) is 6.04 Å². The quantitative estimate of drug-likeness (QED) is 0.913. The van der Waals surface area contributed by atoms with Gasteiger partial charge in [-0.2, -0.15) is 0 Å². The maximum Gasteiger partial charge on any atom is 0.163 e. The fraction of sp³-hybridized carbons (Fsp3) is 0.200. The molecule has 1 saturated heterocycles. The molecule has 0 aliphatic carbocycles. The highest BCUT2D eigenvalue weighted by Crippen LogP contribution is 2.27. The van der Waals surface area contributed by atoms with Crippen molar-refractivity contribution in [2.45, 2.75) is 12.1 Å². The van der Waals surface area contributed by atoms with Crippen molar-refractivity contribution >= 4 is 11.6 Å². The largest absolute Gasteiger partial charge is 0.487 e. The van der Waals surface area contributed by atoms with Gasteiger partial charge in [-0.05, 0) is 30.3 Å². The van der Waals surface area contributed by atoms with Crippen LogP contribution in [0.3, 0.4) is 0 Å². The summed E-state index contributed by atoms with van der Waals surface area (Å²) < 4.78 is 33.1. The number of hydrazine groups is 1. The van der Waals surface area contributed by atoms with Gasteiger partial charge in [-0.15, -0.1) is 0 Å². The Morgan fingerprint density at radius 3 is 2.62 bits per heavy atom. The van der Waals surface area contributed by atoms with E-state index in [9.17, 15) is 8.78 Å². The van der Waals surface area contributed by atoms with Crippen LogP contribution in [0.1, 0.15) is 11.6 Å². The summed E-state index contributed by atoms with van der Waals surface area (Å²) in [6.07, 6.45) is -0.359. The number of hydrogen-bond acceptors (Lipinski definition) is 3. The Morgan fingerprint density at radius 1 is 1.10 bits per heavy atom. The Balaban J connectivity index is 1.82. The van der Waals surface area contributed by atoms with Crippen molar-refractivity contribution in [1.82, 2.24) is 10.9 Å². The molecule has 0 spiro atoms. The minimum Gasteiger partial charge on any atom is -0.487 e. The number of nitrogens with one attached hydrogen (secondary N) is 2. The average Bonchev–Trinajstić information content (AvgIpc) is 2.92. The lowest BCUT2D eigenvalue weighted by Crippen LogP contribution is -2.29. The Morgan fingerprint density at radius 2 is 1.86 bits per heavy atom. The van der Waals surface area contributed by atoms with Crippen molar-refractivity contribution in [3.63, 3.8) is 0 Å². The predicted molar refractivity (Wildman–Crippen MR) is 76.1 cm³/mol. The van der Waals surface area contributed by atoms with Crippen molar-refractivity contribution in [1.29, 1.82) is 0 Å². The molecule has 1 heterocycles. The molecule has 1 aliphatic heterocycles. The van der Waals surface area contributed by atoms with Crippen LogP contribution < -0.4 is 15.6 Å². The molecule has 0 radical (unpaired) electrons. The number of rotatable bonds is 3. The van der Waals surface area contributed by atoms with E-state index in [4.69, 9.17) is 16.3 Å². The Kier molecular flexibility index (Phi) is 4.05. The van der Waals surface area contributed by atoms with Crippen LogP contribution in [-0.4, -0.2) is 12.6 Å². The number of hydrogen-bond donors (Lipinski definition) is 2. The summed E-state index contributed by atoms with van der Waals surface area (Å²) in [5.74, 6) is -1.11. The number of halogens is 3. The van der Waals surface area contributed by atoms with Gasteiger partial charge in [0.25, 0.3) is 0 Å². The highest BCUT2D eigenvalue weighted by molar-refractivity contribution is 6.30. The molecule has 3 rings (SSSR count). The molecule has 0 amide bonds. The first kappa shape index (κ1) is 14.3. The van der Waals surface area contributed by atoms with E-state index in [0.717, 1.165) is 6.07 Å². The highest BCUT2D eigenvalue weighted by atomic mass is 35.5. The SMILES string of the molecule is Fc1cccc(C2NNCC2Oc2ccc(Cl)cc2)c1F. The lowest BCUT2D eigenvalue weighted by atomic mass is 10.0. The zero-order valence-electron chi connectivity index (χ0n) is 10.9. The van der Waals surface area contributed by atoms with Gasteiger partial charge in [0.15, 0.2) is 11.6 Å². The number of benzene rings is 2. The van der Waals surface area contributed by atoms with Crippen LogP contribution in [0.15, 0.2) is 42.5 Å². The monoisotopic (exact) mass is 310 g/mol. The summed E-state index contributed by atoms with van der Waals surface area (Å²) in [4.78, 5) is 0. The lowest BCUT2D eigenvalue weighted by molar-refractivity contribution is 0.195.